The number of hydrogen-bond donors (Lipinski definition) is 1. The molecular weight excluding hydrogens is 214 g/mol. The van der Waals surface area contributed by atoms with E-state index < -0.39 is 15.3 Å². The van der Waals surface area contributed by atoms with Gasteiger partial charge in [-0.1, -0.05) is 13.8 Å². The molecule has 0 aliphatic heterocycles. The minimum Gasteiger partial charge on any atom is -0.396 e. The predicted octanol–water partition coefficient (Wildman–Crippen LogP) is 0.874. The molecule has 0 fully saturated rings. The van der Waals surface area contributed by atoms with Gasteiger partial charge in [-0.3, -0.25) is 4.98 Å². The van der Waals surface area contributed by atoms with Crippen LogP contribution in [-0.4, -0.2) is 30.9 Å². The Morgan fingerprint density at radius 3 is 2.33 bits per heavy atom. The van der Waals surface area contributed by atoms with Crippen molar-refractivity contribution in [1.82, 2.24) is 4.98 Å². The largest absolute Gasteiger partial charge is 0.396 e. The summed E-state index contributed by atoms with van der Waals surface area (Å²) in [6.07, 6.45) is 2.89. The van der Waals surface area contributed by atoms with Crippen LogP contribution in [0.15, 0.2) is 29.4 Å². The average molecular weight is 229 g/mol. The molecule has 1 aromatic rings. The molecule has 0 radical (unpaired) electrons. The fraction of sp³-hybridized carbons (Fsp3) is 0.500. The van der Waals surface area contributed by atoms with Gasteiger partial charge in [0.15, 0.2) is 9.84 Å². The van der Waals surface area contributed by atoms with Gasteiger partial charge in [-0.05, 0) is 12.1 Å². The first-order chi connectivity index (χ1) is 6.87. The highest BCUT2D eigenvalue weighted by Crippen LogP contribution is 2.21. The molecule has 0 saturated carbocycles. The van der Waals surface area contributed by atoms with E-state index in [1.54, 1.807) is 13.8 Å². The zero-order valence-electron chi connectivity index (χ0n) is 8.84. The summed E-state index contributed by atoms with van der Waals surface area (Å²) in [4.78, 5) is 4.01. The minimum atomic E-state index is -3.33. The van der Waals surface area contributed by atoms with Crippen LogP contribution in [0.3, 0.4) is 0 Å². The average Bonchev–Trinajstić information content (AvgIpc) is 2.18. The standard InChI is InChI=1S/C10H15NO3S/c1-10(2,7-12)8-15(13,14)9-3-5-11-6-4-9/h3-6,12H,7-8H2,1-2H3. The highest BCUT2D eigenvalue weighted by Gasteiger charge is 2.26. The zero-order valence-corrected chi connectivity index (χ0v) is 9.66. The lowest BCUT2D eigenvalue weighted by molar-refractivity contribution is 0.179. The van der Waals surface area contributed by atoms with E-state index in [-0.39, 0.29) is 17.3 Å². The fourth-order valence-corrected chi connectivity index (χ4v) is 3.01. The summed E-state index contributed by atoms with van der Waals surface area (Å²) < 4.78 is 23.7. The Labute approximate surface area is 89.9 Å². The Balaban J connectivity index is 2.96. The first kappa shape index (κ1) is 12.1. The van der Waals surface area contributed by atoms with Crippen molar-refractivity contribution in [2.24, 2.45) is 5.41 Å². The molecule has 1 heterocycles. The molecule has 0 unspecified atom stereocenters. The summed E-state index contributed by atoms with van der Waals surface area (Å²) in [5.41, 5.74) is -0.623. The van der Waals surface area contributed by atoms with Gasteiger partial charge in [-0.2, -0.15) is 0 Å². The maximum absolute atomic E-state index is 11.9. The van der Waals surface area contributed by atoms with Gasteiger partial charge < -0.3 is 5.11 Å². The van der Waals surface area contributed by atoms with Gasteiger partial charge in [0.25, 0.3) is 0 Å². The van der Waals surface area contributed by atoms with Crippen molar-refractivity contribution in [2.75, 3.05) is 12.4 Å². The van der Waals surface area contributed by atoms with Gasteiger partial charge in [0, 0.05) is 24.4 Å². The van der Waals surface area contributed by atoms with Crippen LogP contribution in [0.5, 0.6) is 0 Å². The third kappa shape index (κ3) is 3.28. The topological polar surface area (TPSA) is 67.3 Å². The number of pyridine rings is 1. The molecule has 0 spiro atoms. The van der Waals surface area contributed by atoms with E-state index in [9.17, 15) is 8.42 Å². The molecule has 0 atom stereocenters. The van der Waals surface area contributed by atoms with Gasteiger partial charge in [0.2, 0.25) is 0 Å². The van der Waals surface area contributed by atoms with Crippen LogP contribution in [0, 0.1) is 5.41 Å². The number of aliphatic hydroxyl groups is 1. The van der Waals surface area contributed by atoms with Crippen LogP contribution in [-0.2, 0) is 9.84 Å². The first-order valence-electron chi connectivity index (χ1n) is 4.61. The molecule has 1 N–H and O–H groups in total. The normalized spacial score (nSPS) is 12.7. The van der Waals surface area contributed by atoms with E-state index in [4.69, 9.17) is 5.11 Å². The van der Waals surface area contributed by atoms with Crippen molar-refractivity contribution in [3.05, 3.63) is 24.5 Å². The molecule has 4 nitrogen and oxygen atoms in total. The fourth-order valence-electron chi connectivity index (χ4n) is 1.19. The van der Waals surface area contributed by atoms with Gasteiger partial charge in [-0.15, -0.1) is 0 Å². The predicted molar refractivity (Wildman–Crippen MR) is 57.2 cm³/mol. The Hall–Kier alpha value is -0.940. The van der Waals surface area contributed by atoms with Gasteiger partial charge in [0.05, 0.1) is 10.6 Å². The summed E-state index contributed by atoms with van der Waals surface area (Å²) in [7, 11) is -3.33. The zero-order chi connectivity index (χ0) is 11.5. The van der Waals surface area contributed by atoms with Crippen LogP contribution < -0.4 is 0 Å². The lowest BCUT2D eigenvalue weighted by Gasteiger charge is -2.20. The molecule has 15 heavy (non-hydrogen) atoms. The number of aromatic nitrogens is 1. The van der Waals surface area contributed by atoms with E-state index in [0.29, 0.717) is 0 Å². The smallest absolute Gasteiger partial charge is 0.179 e. The van der Waals surface area contributed by atoms with E-state index >= 15 is 0 Å². The lowest BCUT2D eigenvalue weighted by Crippen LogP contribution is -2.27. The Morgan fingerprint density at radius 1 is 1.33 bits per heavy atom. The number of nitrogens with zero attached hydrogens (tertiary/aromatic N) is 1. The van der Waals surface area contributed by atoms with E-state index in [0.717, 1.165) is 0 Å². The summed E-state index contributed by atoms with van der Waals surface area (Å²) in [5, 5.41) is 9.03. The van der Waals surface area contributed by atoms with Crippen LogP contribution >= 0.6 is 0 Å². The monoisotopic (exact) mass is 229 g/mol. The molecular formula is C10H15NO3S. The van der Waals surface area contributed by atoms with Crippen molar-refractivity contribution in [2.45, 2.75) is 18.7 Å². The lowest BCUT2D eigenvalue weighted by atomic mass is 9.98. The Kier molecular flexibility index (Phi) is 3.46. The van der Waals surface area contributed by atoms with Gasteiger partial charge >= 0.3 is 0 Å². The molecule has 0 aliphatic rings. The van der Waals surface area contributed by atoms with E-state index in [1.807, 2.05) is 0 Å². The van der Waals surface area contributed by atoms with Crippen LogP contribution in [0.25, 0.3) is 0 Å². The third-order valence-corrected chi connectivity index (χ3v) is 4.17. The Morgan fingerprint density at radius 2 is 1.87 bits per heavy atom. The van der Waals surface area contributed by atoms with Gasteiger partial charge in [0.1, 0.15) is 0 Å². The molecule has 0 amide bonds. The number of hydrogen-bond acceptors (Lipinski definition) is 4. The van der Waals surface area contributed by atoms with Crippen LogP contribution in [0.1, 0.15) is 13.8 Å². The van der Waals surface area contributed by atoms with Crippen LogP contribution in [0.2, 0.25) is 0 Å². The van der Waals surface area contributed by atoms with Gasteiger partial charge in [-0.25, -0.2) is 8.42 Å². The van der Waals surface area contributed by atoms with Crippen molar-refractivity contribution in [3.63, 3.8) is 0 Å². The molecule has 1 aromatic heterocycles. The second-order valence-corrected chi connectivity index (χ2v) is 6.25. The summed E-state index contributed by atoms with van der Waals surface area (Å²) in [6.45, 7) is 3.27. The maximum Gasteiger partial charge on any atom is 0.179 e. The summed E-state index contributed by atoms with van der Waals surface area (Å²) >= 11 is 0. The number of rotatable bonds is 4. The van der Waals surface area contributed by atoms with Crippen molar-refractivity contribution in [1.29, 1.82) is 0 Å². The highest BCUT2D eigenvalue weighted by molar-refractivity contribution is 7.91. The summed E-state index contributed by atoms with van der Waals surface area (Å²) in [5.74, 6) is -0.0689. The van der Waals surface area contributed by atoms with Crippen molar-refractivity contribution >= 4 is 9.84 Å². The second-order valence-electron chi connectivity index (χ2n) is 4.26. The van der Waals surface area contributed by atoms with E-state index in [1.165, 1.54) is 24.5 Å². The van der Waals surface area contributed by atoms with Crippen molar-refractivity contribution < 1.29 is 13.5 Å². The second kappa shape index (κ2) is 4.28. The number of aliphatic hydroxyl groups excluding tert-OH is 1. The molecule has 0 aromatic carbocycles. The van der Waals surface area contributed by atoms with Crippen LogP contribution in [0.4, 0.5) is 0 Å². The molecule has 84 valence electrons. The Bertz CT molecular complexity index is 412. The van der Waals surface area contributed by atoms with E-state index in [2.05, 4.69) is 4.98 Å². The minimum absolute atomic E-state index is 0.0689. The summed E-state index contributed by atoms with van der Waals surface area (Å²) in [6, 6.07) is 2.92. The first-order valence-corrected chi connectivity index (χ1v) is 6.26. The quantitative estimate of drug-likeness (QED) is 0.832. The highest BCUT2D eigenvalue weighted by atomic mass is 32.2. The molecule has 0 aliphatic carbocycles. The molecule has 5 heteroatoms. The maximum atomic E-state index is 11.9. The third-order valence-electron chi connectivity index (χ3n) is 2.02. The molecule has 0 bridgehead atoms. The SMILES string of the molecule is CC(C)(CO)CS(=O)(=O)c1ccncc1. The molecule has 1 rings (SSSR count). The van der Waals surface area contributed by atoms with Crippen molar-refractivity contribution in [3.8, 4) is 0 Å². The number of sulfone groups is 1. The molecule has 0 saturated heterocycles.